The standard InChI is InChI=1S/C30H29N3O6/c1-4-37-25-10-5-6-11-26(25)38-23-9-7-8-21(17-23)24-18-31-19-27(32-24)33-28(34)16-20-12-14-22(15-13-20)39-30(2,3)29(35)36/h5-15,17-19H,4,16H2,1-3H3,(H,35,36)(H,32,33,34). The molecular formula is C30H29N3O6. The van der Waals surface area contributed by atoms with Gasteiger partial charge in [-0.1, -0.05) is 36.4 Å². The van der Waals surface area contributed by atoms with Gasteiger partial charge in [0.1, 0.15) is 11.5 Å². The number of benzene rings is 3. The van der Waals surface area contributed by atoms with Crippen LogP contribution in [-0.4, -0.2) is 39.2 Å². The Balaban J connectivity index is 1.41. The highest BCUT2D eigenvalue weighted by atomic mass is 16.5. The number of aliphatic carboxylic acids is 1. The van der Waals surface area contributed by atoms with Crippen LogP contribution in [0.5, 0.6) is 23.0 Å². The fourth-order valence-electron chi connectivity index (χ4n) is 3.61. The smallest absolute Gasteiger partial charge is 0.347 e. The molecule has 2 N–H and O–H groups in total. The highest BCUT2D eigenvalue weighted by Gasteiger charge is 2.29. The van der Waals surface area contributed by atoms with E-state index in [-0.39, 0.29) is 12.3 Å². The molecule has 0 unspecified atom stereocenters. The van der Waals surface area contributed by atoms with Crippen LogP contribution in [0.25, 0.3) is 11.3 Å². The number of nitrogens with zero attached hydrogens (tertiary/aromatic N) is 2. The van der Waals surface area contributed by atoms with Crippen LogP contribution in [0, 0.1) is 0 Å². The van der Waals surface area contributed by atoms with Crippen molar-refractivity contribution in [3.05, 3.63) is 90.8 Å². The highest BCUT2D eigenvalue weighted by Crippen LogP contribution is 2.33. The number of amides is 1. The molecule has 9 heteroatoms. The summed E-state index contributed by atoms with van der Waals surface area (Å²) in [5, 5.41) is 12.0. The van der Waals surface area contributed by atoms with Gasteiger partial charge in [-0.25, -0.2) is 9.78 Å². The summed E-state index contributed by atoms with van der Waals surface area (Å²) in [5.74, 6) is 1.24. The number of para-hydroxylation sites is 2. The molecule has 39 heavy (non-hydrogen) atoms. The second-order valence-electron chi connectivity index (χ2n) is 9.09. The molecule has 0 aliphatic heterocycles. The molecule has 0 atom stereocenters. The van der Waals surface area contributed by atoms with Gasteiger partial charge in [0.05, 0.1) is 31.1 Å². The molecule has 0 radical (unpaired) electrons. The molecule has 200 valence electrons. The molecule has 0 aliphatic carbocycles. The van der Waals surface area contributed by atoms with E-state index in [4.69, 9.17) is 14.2 Å². The minimum Gasteiger partial charge on any atom is -0.490 e. The Labute approximate surface area is 226 Å². The fourth-order valence-corrected chi connectivity index (χ4v) is 3.61. The van der Waals surface area contributed by atoms with Crippen LogP contribution in [-0.2, 0) is 16.0 Å². The molecule has 1 aromatic heterocycles. The van der Waals surface area contributed by atoms with Gasteiger partial charge in [-0.2, -0.15) is 0 Å². The molecule has 3 aromatic carbocycles. The van der Waals surface area contributed by atoms with Gasteiger partial charge in [-0.15, -0.1) is 0 Å². The number of aromatic nitrogens is 2. The predicted octanol–water partition coefficient (Wildman–Crippen LogP) is 5.76. The number of nitrogens with one attached hydrogen (secondary N) is 1. The van der Waals surface area contributed by atoms with Crippen molar-refractivity contribution in [1.29, 1.82) is 0 Å². The maximum absolute atomic E-state index is 12.7. The van der Waals surface area contributed by atoms with E-state index < -0.39 is 11.6 Å². The number of carboxylic acids is 1. The first-order valence-corrected chi connectivity index (χ1v) is 12.4. The fraction of sp³-hybridized carbons (Fsp3) is 0.200. The van der Waals surface area contributed by atoms with E-state index in [0.29, 0.717) is 41.1 Å². The third-order valence-corrected chi connectivity index (χ3v) is 5.58. The Morgan fingerprint density at radius 2 is 1.67 bits per heavy atom. The van der Waals surface area contributed by atoms with E-state index in [1.807, 2.05) is 55.5 Å². The first-order valence-electron chi connectivity index (χ1n) is 12.4. The van der Waals surface area contributed by atoms with Crippen molar-refractivity contribution >= 4 is 17.7 Å². The van der Waals surface area contributed by atoms with E-state index in [2.05, 4.69) is 15.3 Å². The average Bonchev–Trinajstić information content (AvgIpc) is 2.91. The van der Waals surface area contributed by atoms with Crippen LogP contribution in [0.2, 0.25) is 0 Å². The first-order chi connectivity index (χ1) is 18.7. The summed E-state index contributed by atoms with van der Waals surface area (Å²) in [7, 11) is 0. The molecule has 0 saturated carbocycles. The topological polar surface area (TPSA) is 120 Å². The molecule has 0 aliphatic rings. The van der Waals surface area contributed by atoms with Crippen molar-refractivity contribution in [1.82, 2.24) is 9.97 Å². The molecule has 4 rings (SSSR count). The van der Waals surface area contributed by atoms with Gasteiger partial charge in [-0.05, 0) is 62.7 Å². The number of carbonyl (C=O) groups excluding carboxylic acids is 1. The van der Waals surface area contributed by atoms with Gasteiger partial charge in [0.25, 0.3) is 0 Å². The van der Waals surface area contributed by atoms with Crippen LogP contribution in [0.15, 0.2) is 85.2 Å². The second-order valence-corrected chi connectivity index (χ2v) is 9.09. The van der Waals surface area contributed by atoms with E-state index in [1.54, 1.807) is 30.5 Å². The number of hydrogen-bond donors (Lipinski definition) is 2. The molecule has 0 spiro atoms. The summed E-state index contributed by atoms with van der Waals surface area (Å²) < 4.78 is 17.2. The normalized spacial score (nSPS) is 10.9. The van der Waals surface area contributed by atoms with Gasteiger partial charge < -0.3 is 24.6 Å². The lowest BCUT2D eigenvalue weighted by atomic mass is 10.1. The number of anilines is 1. The van der Waals surface area contributed by atoms with E-state index >= 15 is 0 Å². The summed E-state index contributed by atoms with van der Waals surface area (Å²) in [5.41, 5.74) is 0.709. The zero-order valence-electron chi connectivity index (χ0n) is 21.9. The van der Waals surface area contributed by atoms with Crippen molar-refractivity contribution in [2.75, 3.05) is 11.9 Å². The van der Waals surface area contributed by atoms with Gasteiger partial charge in [0, 0.05) is 5.56 Å². The Morgan fingerprint density at radius 1 is 0.923 bits per heavy atom. The van der Waals surface area contributed by atoms with Crippen molar-refractivity contribution in [2.45, 2.75) is 32.8 Å². The zero-order valence-corrected chi connectivity index (χ0v) is 21.9. The van der Waals surface area contributed by atoms with Gasteiger partial charge in [0.2, 0.25) is 5.91 Å². The maximum atomic E-state index is 12.7. The Bertz CT molecular complexity index is 1450. The number of carboxylic acid groups (broad SMARTS) is 1. The molecule has 0 bridgehead atoms. The van der Waals surface area contributed by atoms with Crippen LogP contribution < -0.4 is 19.5 Å². The van der Waals surface area contributed by atoms with Gasteiger partial charge in [-0.3, -0.25) is 9.78 Å². The SMILES string of the molecule is CCOc1ccccc1Oc1cccc(-c2cncc(NC(=O)Cc3ccc(OC(C)(C)C(=O)O)cc3)n2)c1. The summed E-state index contributed by atoms with van der Waals surface area (Å²) >= 11 is 0. The third-order valence-electron chi connectivity index (χ3n) is 5.58. The average molecular weight is 528 g/mol. The molecule has 1 amide bonds. The van der Waals surface area contributed by atoms with Gasteiger partial charge >= 0.3 is 5.97 Å². The third kappa shape index (κ3) is 7.32. The lowest BCUT2D eigenvalue weighted by Crippen LogP contribution is -2.37. The molecule has 0 saturated heterocycles. The number of rotatable bonds is 11. The van der Waals surface area contributed by atoms with Crippen molar-refractivity contribution < 1.29 is 28.9 Å². The Morgan fingerprint density at radius 3 is 2.38 bits per heavy atom. The molecule has 1 heterocycles. The zero-order chi connectivity index (χ0) is 27.8. The molecule has 0 fully saturated rings. The highest BCUT2D eigenvalue weighted by molar-refractivity contribution is 5.91. The van der Waals surface area contributed by atoms with E-state index in [0.717, 1.165) is 11.1 Å². The van der Waals surface area contributed by atoms with Crippen LogP contribution in [0.4, 0.5) is 5.82 Å². The predicted molar refractivity (Wildman–Crippen MR) is 146 cm³/mol. The minimum atomic E-state index is -1.36. The quantitative estimate of drug-likeness (QED) is 0.253. The number of carbonyl (C=O) groups is 2. The van der Waals surface area contributed by atoms with Crippen LogP contribution >= 0.6 is 0 Å². The lowest BCUT2D eigenvalue weighted by Gasteiger charge is -2.21. The number of ether oxygens (including phenoxy) is 3. The van der Waals surface area contributed by atoms with Crippen molar-refractivity contribution in [2.24, 2.45) is 0 Å². The Hall–Kier alpha value is -4.92. The minimum absolute atomic E-state index is 0.0943. The summed E-state index contributed by atoms with van der Waals surface area (Å²) in [4.78, 5) is 32.7. The monoisotopic (exact) mass is 527 g/mol. The van der Waals surface area contributed by atoms with Crippen molar-refractivity contribution in [3.8, 4) is 34.3 Å². The molecule has 9 nitrogen and oxygen atoms in total. The number of hydrogen-bond acceptors (Lipinski definition) is 7. The molecule has 4 aromatic rings. The van der Waals surface area contributed by atoms with E-state index in [9.17, 15) is 14.7 Å². The molecular weight excluding hydrogens is 498 g/mol. The van der Waals surface area contributed by atoms with Crippen molar-refractivity contribution in [3.63, 3.8) is 0 Å². The van der Waals surface area contributed by atoms with Crippen LogP contribution in [0.1, 0.15) is 26.3 Å². The largest absolute Gasteiger partial charge is 0.490 e. The second kappa shape index (κ2) is 12.1. The first kappa shape index (κ1) is 27.1. The van der Waals surface area contributed by atoms with Crippen LogP contribution in [0.3, 0.4) is 0 Å². The summed E-state index contributed by atoms with van der Waals surface area (Å²) in [6, 6.07) is 21.6. The van der Waals surface area contributed by atoms with Gasteiger partial charge in [0.15, 0.2) is 22.9 Å². The lowest BCUT2D eigenvalue weighted by molar-refractivity contribution is -0.152. The Kier molecular flexibility index (Phi) is 8.40. The summed E-state index contributed by atoms with van der Waals surface area (Å²) in [6.45, 7) is 5.38. The summed E-state index contributed by atoms with van der Waals surface area (Å²) in [6.07, 6.45) is 3.18. The maximum Gasteiger partial charge on any atom is 0.347 e. The van der Waals surface area contributed by atoms with E-state index in [1.165, 1.54) is 20.0 Å².